The smallest absolute Gasteiger partial charge is 0.135 e. The van der Waals surface area contributed by atoms with Crippen LogP contribution in [0.5, 0.6) is 11.5 Å². The number of hydrogen-bond acceptors (Lipinski definition) is 3. The third kappa shape index (κ3) is 4.01. The van der Waals surface area contributed by atoms with Crippen LogP contribution < -0.4 is 15.2 Å². The molecular weight excluding hydrogens is 262 g/mol. The van der Waals surface area contributed by atoms with Crippen molar-refractivity contribution in [2.24, 2.45) is 5.73 Å². The summed E-state index contributed by atoms with van der Waals surface area (Å²) < 4.78 is 11.1. The Morgan fingerprint density at radius 2 is 1.95 bits per heavy atom. The maximum Gasteiger partial charge on any atom is 0.135 e. The third-order valence-electron chi connectivity index (χ3n) is 3.16. The highest BCUT2D eigenvalue weighted by atomic mass is 16.5. The molecule has 0 aliphatic rings. The highest BCUT2D eigenvalue weighted by Gasteiger charge is 2.05. The lowest BCUT2D eigenvalue weighted by Crippen LogP contribution is -2.00. The summed E-state index contributed by atoms with van der Waals surface area (Å²) in [7, 11) is 1.63. The van der Waals surface area contributed by atoms with Gasteiger partial charge >= 0.3 is 0 Å². The minimum Gasteiger partial charge on any atom is -0.497 e. The summed E-state index contributed by atoms with van der Waals surface area (Å²) >= 11 is 0. The Balaban J connectivity index is 2.21. The lowest BCUT2D eigenvalue weighted by atomic mass is 10.1. The van der Waals surface area contributed by atoms with Gasteiger partial charge in [-0.1, -0.05) is 36.1 Å². The lowest BCUT2D eigenvalue weighted by molar-refractivity contribution is 0.304. The molecule has 3 heteroatoms. The van der Waals surface area contributed by atoms with Gasteiger partial charge in [-0.05, 0) is 36.2 Å². The molecule has 0 aromatic heterocycles. The van der Waals surface area contributed by atoms with Crippen LogP contribution in [-0.4, -0.2) is 13.7 Å². The second-order valence-corrected chi connectivity index (χ2v) is 4.58. The summed E-state index contributed by atoms with van der Waals surface area (Å²) in [5, 5.41) is 0. The Morgan fingerprint density at radius 1 is 1.14 bits per heavy atom. The molecule has 3 nitrogen and oxygen atoms in total. The van der Waals surface area contributed by atoms with Gasteiger partial charge in [0.15, 0.2) is 0 Å². The predicted molar refractivity (Wildman–Crippen MR) is 84.4 cm³/mol. The molecule has 2 aromatic carbocycles. The van der Waals surface area contributed by atoms with Crippen LogP contribution >= 0.6 is 0 Å². The fourth-order valence-electron chi connectivity index (χ4n) is 1.93. The van der Waals surface area contributed by atoms with E-state index in [1.54, 1.807) is 7.11 Å². The van der Waals surface area contributed by atoms with Crippen molar-refractivity contribution < 1.29 is 9.47 Å². The maximum atomic E-state index is 5.90. The first-order valence-corrected chi connectivity index (χ1v) is 6.79. The standard InChI is InChI=1S/C18H19NO2/c1-14-6-3-4-7-16(14)13-21-18-10-9-17(20-2)12-15(18)8-5-11-19/h3-4,6-7,9-10,12H,11,13,19H2,1-2H3. The highest BCUT2D eigenvalue weighted by molar-refractivity contribution is 5.50. The summed E-state index contributed by atoms with van der Waals surface area (Å²) in [5.74, 6) is 7.35. The minimum atomic E-state index is 0.314. The van der Waals surface area contributed by atoms with Crippen LogP contribution in [0.3, 0.4) is 0 Å². The van der Waals surface area contributed by atoms with Crippen molar-refractivity contribution in [1.29, 1.82) is 0 Å². The Labute approximate surface area is 125 Å². The molecule has 0 amide bonds. The molecule has 0 spiro atoms. The number of methoxy groups -OCH3 is 1. The molecule has 0 aliphatic carbocycles. The van der Waals surface area contributed by atoms with Crippen molar-refractivity contribution in [3.05, 3.63) is 59.2 Å². The second-order valence-electron chi connectivity index (χ2n) is 4.58. The number of ether oxygens (including phenoxy) is 2. The molecule has 0 radical (unpaired) electrons. The number of aryl methyl sites for hydroxylation is 1. The molecule has 108 valence electrons. The molecule has 0 aliphatic heterocycles. The minimum absolute atomic E-state index is 0.314. The van der Waals surface area contributed by atoms with Gasteiger partial charge in [0, 0.05) is 0 Å². The topological polar surface area (TPSA) is 44.5 Å². The van der Waals surface area contributed by atoms with Crippen molar-refractivity contribution >= 4 is 0 Å². The Bertz CT molecular complexity index is 668. The van der Waals surface area contributed by atoms with Gasteiger partial charge in [0.05, 0.1) is 19.2 Å². The zero-order valence-corrected chi connectivity index (χ0v) is 12.3. The first kappa shape index (κ1) is 15.0. The second kappa shape index (κ2) is 7.37. The molecule has 0 atom stereocenters. The van der Waals surface area contributed by atoms with E-state index in [0.717, 1.165) is 22.6 Å². The molecule has 2 aromatic rings. The Hall–Kier alpha value is -2.44. The fraction of sp³-hybridized carbons (Fsp3) is 0.222. The van der Waals surface area contributed by atoms with E-state index in [2.05, 4.69) is 30.9 Å². The Morgan fingerprint density at radius 3 is 2.67 bits per heavy atom. The zero-order chi connectivity index (χ0) is 15.1. The average molecular weight is 281 g/mol. The van der Waals surface area contributed by atoms with E-state index < -0.39 is 0 Å². The van der Waals surface area contributed by atoms with Gasteiger partial charge in [-0.25, -0.2) is 0 Å². The molecule has 0 saturated carbocycles. The summed E-state index contributed by atoms with van der Waals surface area (Å²) in [6.07, 6.45) is 0. The summed E-state index contributed by atoms with van der Waals surface area (Å²) in [6.45, 7) is 2.90. The molecule has 0 bridgehead atoms. The van der Waals surface area contributed by atoms with Crippen LogP contribution in [0.4, 0.5) is 0 Å². The van der Waals surface area contributed by atoms with Gasteiger partial charge in [-0.3, -0.25) is 0 Å². The van der Waals surface area contributed by atoms with E-state index in [1.807, 2.05) is 30.3 Å². The van der Waals surface area contributed by atoms with E-state index in [0.29, 0.717) is 13.2 Å². The van der Waals surface area contributed by atoms with Crippen LogP contribution in [-0.2, 0) is 6.61 Å². The first-order chi connectivity index (χ1) is 10.2. The van der Waals surface area contributed by atoms with E-state index in [-0.39, 0.29) is 0 Å². The average Bonchev–Trinajstić information content (AvgIpc) is 2.52. The number of rotatable bonds is 4. The molecule has 0 unspecified atom stereocenters. The van der Waals surface area contributed by atoms with Gasteiger partial charge in [0.1, 0.15) is 18.1 Å². The van der Waals surface area contributed by atoms with Crippen LogP contribution in [0.1, 0.15) is 16.7 Å². The first-order valence-electron chi connectivity index (χ1n) is 6.79. The van der Waals surface area contributed by atoms with Gasteiger partial charge in [-0.2, -0.15) is 0 Å². The van der Waals surface area contributed by atoms with Crippen molar-refractivity contribution in [1.82, 2.24) is 0 Å². The van der Waals surface area contributed by atoms with Gasteiger partial charge in [0.25, 0.3) is 0 Å². The van der Waals surface area contributed by atoms with E-state index in [9.17, 15) is 0 Å². The summed E-state index contributed by atoms with van der Waals surface area (Å²) in [4.78, 5) is 0. The van der Waals surface area contributed by atoms with E-state index in [1.165, 1.54) is 5.56 Å². The van der Waals surface area contributed by atoms with Gasteiger partial charge in [-0.15, -0.1) is 0 Å². The maximum absolute atomic E-state index is 5.90. The number of nitrogens with two attached hydrogens (primary N) is 1. The van der Waals surface area contributed by atoms with E-state index in [4.69, 9.17) is 15.2 Å². The van der Waals surface area contributed by atoms with Gasteiger partial charge in [0.2, 0.25) is 0 Å². The molecule has 0 heterocycles. The van der Waals surface area contributed by atoms with Crippen LogP contribution in [0.15, 0.2) is 42.5 Å². The number of benzene rings is 2. The predicted octanol–water partition coefficient (Wildman–Crippen LogP) is 2.89. The molecule has 0 fully saturated rings. The number of hydrogen-bond donors (Lipinski definition) is 1. The normalized spacial score (nSPS) is 9.67. The molecule has 21 heavy (non-hydrogen) atoms. The SMILES string of the molecule is COc1ccc(OCc2ccccc2C)c(C#CCN)c1. The Kier molecular flexibility index (Phi) is 5.25. The highest BCUT2D eigenvalue weighted by Crippen LogP contribution is 2.24. The molecular formula is C18H19NO2. The molecule has 0 saturated heterocycles. The molecule has 2 rings (SSSR count). The van der Waals surface area contributed by atoms with Crippen molar-refractivity contribution in [2.45, 2.75) is 13.5 Å². The summed E-state index contributed by atoms with van der Waals surface area (Å²) in [5.41, 5.74) is 8.59. The third-order valence-corrected chi connectivity index (χ3v) is 3.16. The zero-order valence-electron chi connectivity index (χ0n) is 12.3. The summed E-state index contributed by atoms with van der Waals surface area (Å²) in [6, 6.07) is 13.7. The molecule has 2 N–H and O–H groups in total. The van der Waals surface area contributed by atoms with Gasteiger partial charge < -0.3 is 15.2 Å². The van der Waals surface area contributed by atoms with E-state index >= 15 is 0 Å². The van der Waals surface area contributed by atoms with Crippen LogP contribution in [0, 0.1) is 18.8 Å². The lowest BCUT2D eigenvalue weighted by Gasteiger charge is -2.11. The van der Waals surface area contributed by atoms with Crippen LogP contribution in [0.25, 0.3) is 0 Å². The van der Waals surface area contributed by atoms with Crippen molar-refractivity contribution in [2.75, 3.05) is 13.7 Å². The monoisotopic (exact) mass is 281 g/mol. The fourth-order valence-corrected chi connectivity index (χ4v) is 1.93. The largest absolute Gasteiger partial charge is 0.497 e. The van der Waals surface area contributed by atoms with Crippen molar-refractivity contribution in [3.63, 3.8) is 0 Å². The van der Waals surface area contributed by atoms with Crippen LogP contribution in [0.2, 0.25) is 0 Å². The quantitative estimate of drug-likeness (QED) is 0.876. The van der Waals surface area contributed by atoms with Crippen molar-refractivity contribution in [3.8, 4) is 23.3 Å².